The Labute approximate surface area is 67.5 Å². The van der Waals surface area contributed by atoms with Crippen LogP contribution in [-0.4, -0.2) is 9.67 Å². The second-order valence-electron chi connectivity index (χ2n) is 3.19. The van der Waals surface area contributed by atoms with Crippen molar-refractivity contribution in [3.05, 3.63) is 23.5 Å². The normalized spacial score (nSPS) is 11.0. The summed E-state index contributed by atoms with van der Waals surface area (Å²) in [5, 5.41) is 8.89. The lowest BCUT2D eigenvalue weighted by Gasteiger charge is -1.97. The van der Waals surface area contributed by atoms with Crippen LogP contribution in [0.25, 0.3) is 0 Å². The Kier molecular flexibility index (Phi) is 2.35. The van der Waals surface area contributed by atoms with Crippen LogP contribution in [0.1, 0.15) is 31.0 Å². The topological polar surface area (TPSA) is 25.2 Å². The smallest absolute Gasteiger partial charge is 0.0832 e. The molecule has 62 valence electrons. The molecule has 0 saturated heterocycles. The van der Waals surface area contributed by atoms with E-state index in [0.29, 0.717) is 5.92 Å². The molecule has 0 spiro atoms. The first-order chi connectivity index (χ1) is 5.15. The van der Waals surface area contributed by atoms with Crippen molar-refractivity contribution in [1.82, 2.24) is 4.57 Å². The van der Waals surface area contributed by atoms with Crippen LogP contribution in [0, 0.1) is 0 Å². The van der Waals surface area contributed by atoms with E-state index in [9.17, 15) is 0 Å². The predicted molar refractivity (Wildman–Crippen MR) is 45.4 cm³/mol. The Bertz CT molecular complexity index is 238. The summed E-state index contributed by atoms with van der Waals surface area (Å²) < 4.78 is 1.97. The van der Waals surface area contributed by atoms with Gasteiger partial charge in [-0.1, -0.05) is 13.8 Å². The summed E-state index contributed by atoms with van der Waals surface area (Å²) in [6.45, 7) is 4.43. The zero-order valence-corrected chi connectivity index (χ0v) is 7.33. The molecule has 0 aromatic carbocycles. The van der Waals surface area contributed by atoms with Crippen LogP contribution < -0.4 is 0 Å². The van der Waals surface area contributed by atoms with Crippen molar-refractivity contribution in [1.29, 1.82) is 0 Å². The van der Waals surface area contributed by atoms with E-state index in [2.05, 4.69) is 20.0 Å². The number of aryl methyl sites for hydroxylation is 1. The highest BCUT2D eigenvalue weighted by molar-refractivity contribution is 5.20. The minimum Gasteiger partial charge on any atom is -0.390 e. The van der Waals surface area contributed by atoms with Crippen LogP contribution in [0.4, 0.5) is 0 Å². The third-order valence-electron chi connectivity index (χ3n) is 1.96. The third kappa shape index (κ3) is 1.63. The van der Waals surface area contributed by atoms with E-state index in [1.807, 2.05) is 17.7 Å². The lowest BCUT2D eigenvalue weighted by atomic mass is 10.1. The number of aliphatic hydroxyl groups is 1. The molecule has 0 aliphatic carbocycles. The molecule has 1 heterocycles. The number of hydrogen-bond donors (Lipinski definition) is 1. The van der Waals surface area contributed by atoms with Gasteiger partial charge in [0.25, 0.3) is 0 Å². The fraction of sp³-hybridized carbons (Fsp3) is 0.556. The van der Waals surface area contributed by atoms with Gasteiger partial charge >= 0.3 is 0 Å². The van der Waals surface area contributed by atoms with Gasteiger partial charge in [-0.25, -0.2) is 0 Å². The Hall–Kier alpha value is -0.760. The van der Waals surface area contributed by atoms with E-state index in [1.54, 1.807) is 0 Å². The van der Waals surface area contributed by atoms with Crippen molar-refractivity contribution < 1.29 is 5.11 Å². The van der Waals surface area contributed by atoms with Crippen molar-refractivity contribution in [2.24, 2.45) is 7.05 Å². The highest BCUT2D eigenvalue weighted by Gasteiger charge is 2.04. The van der Waals surface area contributed by atoms with Crippen LogP contribution in [0.2, 0.25) is 0 Å². The Morgan fingerprint density at radius 3 is 2.45 bits per heavy atom. The Balaban J connectivity index is 2.95. The quantitative estimate of drug-likeness (QED) is 0.686. The molecule has 0 aliphatic heterocycles. The standard InChI is InChI=1S/C9H15NO/c1-7(2)8-4-9(6-11)10(3)5-8/h4-5,7,11H,6H2,1-3H3. The molecule has 0 saturated carbocycles. The maximum atomic E-state index is 8.89. The first-order valence-electron chi connectivity index (χ1n) is 3.91. The van der Waals surface area contributed by atoms with E-state index in [1.165, 1.54) is 5.56 Å². The molecule has 0 atom stereocenters. The van der Waals surface area contributed by atoms with E-state index in [0.717, 1.165) is 5.69 Å². The van der Waals surface area contributed by atoms with E-state index in [-0.39, 0.29) is 6.61 Å². The predicted octanol–water partition coefficient (Wildman–Crippen LogP) is 1.64. The van der Waals surface area contributed by atoms with Gasteiger partial charge in [-0.15, -0.1) is 0 Å². The molecule has 1 rings (SSSR count). The lowest BCUT2D eigenvalue weighted by Crippen LogP contribution is -1.92. The first-order valence-corrected chi connectivity index (χ1v) is 3.91. The van der Waals surface area contributed by atoms with Gasteiger partial charge in [0, 0.05) is 18.9 Å². The van der Waals surface area contributed by atoms with Gasteiger partial charge < -0.3 is 9.67 Å². The summed E-state index contributed by atoms with van der Waals surface area (Å²) in [6.07, 6.45) is 2.07. The number of aliphatic hydroxyl groups excluding tert-OH is 1. The summed E-state index contributed by atoms with van der Waals surface area (Å²) in [6, 6.07) is 2.05. The third-order valence-corrected chi connectivity index (χ3v) is 1.96. The molecule has 0 amide bonds. The van der Waals surface area contributed by atoms with Crippen LogP contribution in [-0.2, 0) is 13.7 Å². The van der Waals surface area contributed by atoms with Gasteiger partial charge in [-0.05, 0) is 17.5 Å². The van der Waals surface area contributed by atoms with Crippen molar-refractivity contribution in [3.63, 3.8) is 0 Å². The molecule has 1 aromatic rings. The Morgan fingerprint density at radius 1 is 1.55 bits per heavy atom. The summed E-state index contributed by atoms with van der Waals surface area (Å²) in [5.41, 5.74) is 2.27. The van der Waals surface area contributed by atoms with Gasteiger partial charge in [-0.2, -0.15) is 0 Å². The summed E-state index contributed by atoms with van der Waals surface area (Å²) >= 11 is 0. The number of nitrogens with zero attached hydrogens (tertiary/aromatic N) is 1. The minimum atomic E-state index is 0.128. The highest BCUT2D eigenvalue weighted by atomic mass is 16.3. The average Bonchev–Trinajstić information content (AvgIpc) is 2.31. The van der Waals surface area contributed by atoms with E-state index in [4.69, 9.17) is 5.11 Å². The van der Waals surface area contributed by atoms with Gasteiger partial charge in [0.1, 0.15) is 0 Å². The van der Waals surface area contributed by atoms with Gasteiger partial charge in [0.05, 0.1) is 6.61 Å². The van der Waals surface area contributed by atoms with Crippen molar-refractivity contribution in [3.8, 4) is 0 Å². The van der Waals surface area contributed by atoms with Crippen molar-refractivity contribution >= 4 is 0 Å². The molecule has 0 unspecified atom stereocenters. The molecule has 2 heteroatoms. The molecule has 0 fully saturated rings. The van der Waals surface area contributed by atoms with Crippen LogP contribution >= 0.6 is 0 Å². The largest absolute Gasteiger partial charge is 0.390 e. The molecule has 2 nitrogen and oxygen atoms in total. The second-order valence-corrected chi connectivity index (χ2v) is 3.19. The average molecular weight is 153 g/mol. The monoisotopic (exact) mass is 153 g/mol. The zero-order chi connectivity index (χ0) is 8.43. The molecule has 1 aromatic heterocycles. The van der Waals surface area contributed by atoms with Crippen molar-refractivity contribution in [2.75, 3.05) is 0 Å². The van der Waals surface area contributed by atoms with Crippen LogP contribution in [0.15, 0.2) is 12.3 Å². The van der Waals surface area contributed by atoms with Crippen molar-refractivity contribution in [2.45, 2.75) is 26.4 Å². The maximum Gasteiger partial charge on any atom is 0.0832 e. The highest BCUT2D eigenvalue weighted by Crippen LogP contribution is 2.16. The van der Waals surface area contributed by atoms with Gasteiger partial charge in [0.15, 0.2) is 0 Å². The van der Waals surface area contributed by atoms with E-state index < -0.39 is 0 Å². The first kappa shape index (κ1) is 8.34. The molecular formula is C9H15NO. The van der Waals surface area contributed by atoms with Gasteiger partial charge in [0.2, 0.25) is 0 Å². The summed E-state index contributed by atoms with van der Waals surface area (Å²) in [5.74, 6) is 0.543. The lowest BCUT2D eigenvalue weighted by molar-refractivity contribution is 0.273. The van der Waals surface area contributed by atoms with E-state index >= 15 is 0 Å². The molecule has 11 heavy (non-hydrogen) atoms. The number of hydrogen-bond acceptors (Lipinski definition) is 1. The zero-order valence-electron chi connectivity index (χ0n) is 7.33. The summed E-state index contributed by atoms with van der Waals surface area (Å²) in [4.78, 5) is 0. The number of aromatic nitrogens is 1. The fourth-order valence-electron chi connectivity index (χ4n) is 1.11. The number of rotatable bonds is 2. The summed E-state index contributed by atoms with van der Waals surface area (Å²) in [7, 11) is 1.96. The van der Waals surface area contributed by atoms with Gasteiger partial charge in [-0.3, -0.25) is 0 Å². The van der Waals surface area contributed by atoms with Crippen LogP contribution in [0.3, 0.4) is 0 Å². The molecule has 0 aliphatic rings. The SMILES string of the molecule is CC(C)c1cc(CO)n(C)c1. The Morgan fingerprint density at radius 2 is 2.18 bits per heavy atom. The molecular weight excluding hydrogens is 138 g/mol. The maximum absolute atomic E-state index is 8.89. The second kappa shape index (κ2) is 3.09. The molecule has 1 N–H and O–H groups in total. The molecule has 0 radical (unpaired) electrons. The molecule has 0 bridgehead atoms. The fourth-order valence-corrected chi connectivity index (χ4v) is 1.11. The van der Waals surface area contributed by atoms with Crippen LogP contribution in [0.5, 0.6) is 0 Å². The minimum absolute atomic E-state index is 0.128.